The molecule has 0 saturated heterocycles. The lowest BCUT2D eigenvalue weighted by Gasteiger charge is -2.17. The lowest BCUT2D eigenvalue weighted by Crippen LogP contribution is -2.27. The van der Waals surface area contributed by atoms with Crippen molar-refractivity contribution in [2.45, 2.75) is 25.7 Å². The van der Waals surface area contributed by atoms with Crippen LogP contribution in [-0.2, 0) is 11.2 Å². The van der Waals surface area contributed by atoms with E-state index in [9.17, 15) is 4.79 Å². The number of halogens is 1. The van der Waals surface area contributed by atoms with Crippen LogP contribution in [0, 0.1) is 0 Å². The Labute approximate surface area is 105 Å². The number of anilines is 1. The summed E-state index contributed by atoms with van der Waals surface area (Å²) < 4.78 is 0. The highest BCUT2D eigenvalue weighted by molar-refractivity contribution is 9.09. The summed E-state index contributed by atoms with van der Waals surface area (Å²) in [5, 5.41) is 1.05. The van der Waals surface area contributed by atoms with Gasteiger partial charge in [-0.1, -0.05) is 40.5 Å². The van der Waals surface area contributed by atoms with Gasteiger partial charge < -0.3 is 4.90 Å². The summed E-state index contributed by atoms with van der Waals surface area (Å²) in [6.07, 6.45) is 4.03. The molecule has 0 N–H and O–H groups in total. The SMILES string of the molecule is O=C1Cc2ccccc2N1CCCCCBr. The van der Waals surface area contributed by atoms with Gasteiger partial charge in [-0.3, -0.25) is 4.79 Å². The highest BCUT2D eigenvalue weighted by Gasteiger charge is 2.25. The van der Waals surface area contributed by atoms with E-state index in [4.69, 9.17) is 0 Å². The Morgan fingerprint density at radius 1 is 1.19 bits per heavy atom. The predicted molar refractivity (Wildman–Crippen MR) is 70.1 cm³/mol. The molecule has 1 aliphatic heterocycles. The second kappa shape index (κ2) is 5.48. The predicted octanol–water partition coefficient (Wildman–Crippen LogP) is 3.14. The third-order valence-corrected chi connectivity index (χ3v) is 3.50. The number of unbranched alkanes of at least 4 members (excludes halogenated alkanes) is 2. The molecule has 2 nitrogen and oxygen atoms in total. The molecule has 0 aromatic heterocycles. The standard InChI is InChI=1S/C13H16BrNO/c14-8-4-1-5-9-15-12-7-3-2-6-11(12)10-13(15)16/h2-3,6-7H,1,4-5,8-10H2. The first kappa shape index (κ1) is 11.6. The van der Waals surface area contributed by atoms with Crippen LogP contribution in [0.3, 0.4) is 0 Å². The molecule has 2 rings (SSSR count). The number of benzene rings is 1. The fourth-order valence-electron chi connectivity index (χ4n) is 2.10. The van der Waals surface area contributed by atoms with Gasteiger partial charge >= 0.3 is 0 Å². The number of carbonyl (C=O) groups excluding carboxylic acids is 1. The van der Waals surface area contributed by atoms with Gasteiger partial charge in [0, 0.05) is 17.6 Å². The zero-order chi connectivity index (χ0) is 11.4. The molecular weight excluding hydrogens is 266 g/mol. The Kier molecular flexibility index (Phi) is 3.99. The second-order valence-corrected chi connectivity index (χ2v) is 4.89. The van der Waals surface area contributed by atoms with Crippen LogP contribution in [0.4, 0.5) is 5.69 Å². The van der Waals surface area contributed by atoms with Crippen molar-refractivity contribution in [2.24, 2.45) is 0 Å². The molecule has 0 fully saturated rings. The van der Waals surface area contributed by atoms with Crippen molar-refractivity contribution in [3.63, 3.8) is 0 Å². The van der Waals surface area contributed by atoms with E-state index in [0.29, 0.717) is 6.42 Å². The van der Waals surface area contributed by atoms with Crippen LogP contribution in [0.5, 0.6) is 0 Å². The molecule has 0 aliphatic carbocycles. The topological polar surface area (TPSA) is 20.3 Å². The van der Waals surface area contributed by atoms with E-state index >= 15 is 0 Å². The van der Waals surface area contributed by atoms with Crippen LogP contribution < -0.4 is 4.90 Å². The maximum atomic E-state index is 11.8. The van der Waals surface area contributed by atoms with Crippen LogP contribution in [0.2, 0.25) is 0 Å². The second-order valence-electron chi connectivity index (χ2n) is 4.10. The monoisotopic (exact) mass is 281 g/mol. The van der Waals surface area contributed by atoms with E-state index < -0.39 is 0 Å². The maximum absolute atomic E-state index is 11.8. The largest absolute Gasteiger partial charge is 0.312 e. The first-order valence-electron chi connectivity index (χ1n) is 5.77. The molecule has 16 heavy (non-hydrogen) atoms. The third kappa shape index (κ3) is 2.46. The van der Waals surface area contributed by atoms with Crippen LogP contribution in [0.15, 0.2) is 24.3 Å². The molecule has 1 aromatic rings. The molecule has 0 radical (unpaired) electrons. The number of rotatable bonds is 5. The minimum absolute atomic E-state index is 0.250. The summed E-state index contributed by atoms with van der Waals surface area (Å²) in [4.78, 5) is 13.7. The van der Waals surface area contributed by atoms with Gasteiger partial charge in [0.05, 0.1) is 6.42 Å². The van der Waals surface area contributed by atoms with E-state index in [1.807, 2.05) is 29.2 Å². The van der Waals surface area contributed by atoms with Crippen molar-refractivity contribution in [1.82, 2.24) is 0 Å². The van der Waals surface area contributed by atoms with E-state index in [2.05, 4.69) is 15.9 Å². The Hall–Kier alpha value is -0.830. The van der Waals surface area contributed by atoms with Crippen molar-refractivity contribution in [3.8, 4) is 0 Å². The van der Waals surface area contributed by atoms with Gasteiger partial charge in [0.2, 0.25) is 5.91 Å². The summed E-state index contributed by atoms with van der Waals surface area (Å²) in [6.45, 7) is 0.864. The van der Waals surface area contributed by atoms with Gasteiger partial charge in [-0.2, -0.15) is 0 Å². The zero-order valence-electron chi connectivity index (χ0n) is 9.29. The fraction of sp³-hybridized carbons (Fsp3) is 0.462. The molecule has 86 valence electrons. The Morgan fingerprint density at radius 2 is 2.00 bits per heavy atom. The van der Waals surface area contributed by atoms with Crippen LogP contribution in [0.1, 0.15) is 24.8 Å². The van der Waals surface area contributed by atoms with Crippen LogP contribution in [-0.4, -0.2) is 17.8 Å². The Bertz CT molecular complexity index is 378. The first-order chi connectivity index (χ1) is 7.83. The minimum Gasteiger partial charge on any atom is -0.312 e. The summed E-state index contributed by atoms with van der Waals surface area (Å²) in [7, 11) is 0. The summed E-state index contributed by atoms with van der Waals surface area (Å²) >= 11 is 3.42. The van der Waals surface area contributed by atoms with Crippen molar-refractivity contribution in [1.29, 1.82) is 0 Å². The first-order valence-corrected chi connectivity index (χ1v) is 6.89. The van der Waals surface area contributed by atoms with Crippen molar-refractivity contribution < 1.29 is 4.79 Å². The number of amides is 1. The van der Waals surface area contributed by atoms with E-state index in [0.717, 1.165) is 24.0 Å². The van der Waals surface area contributed by atoms with Crippen LogP contribution in [0.25, 0.3) is 0 Å². The van der Waals surface area contributed by atoms with E-state index in [-0.39, 0.29) is 5.91 Å². The highest BCUT2D eigenvalue weighted by atomic mass is 79.9. The van der Waals surface area contributed by atoms with Crippen molar-refractivity contribution in [3.05, 3.63) is 29.8 Å². The molecule has 1 aliphatic rings. The zero-order valence-corrected chi connectivity index (χ0v) is 10.9. The molecule has 0 atom stereocenters. The van der Waals surface area contributed by atoms with Gasteiger partial charge in [-0.25, -0.2) is 0 Å². The quantitative estimate of drug-likeness (QED) is 0.600. The number of hydrogen-bond donors (Lipinski definition) is 0. The molecule has 0 saturated carbocycles. The third-order valence-electron chi connectivity index (χ3n) is 2.94. The lowest BCUT2D eigenvalue weighted by atomic mass is 10.2. The number of alkyl halides is 1. The summed E-state index contributed by atoms with van der Waals surface area (Å²) in [5.41, 5.74) is 2.29. The summed E-state index contributed by atoms with van der Waals surface area (Å²) in [5.74, 6) is 0.250. The Morgan fingerprint density at radius 3 is 2.81 bits per heavy atom. The number of fused-ring (bicyclic) bond motifs is 1. The normalized spacial score (nSPS) is 14.3. The van der Waals surface area contributed by atoms with Gasteiger partial charge in [0.15, 0.2) is 0 Å². The molecular formula is C13H16BrNO. The molecule has 0 unspecified atom stereocenters. The van der Waals surface area contributed by atoms with Gasteiger partial charge in [0.25, 0.3) is 0 Å². The van der Waals surface area contributed by atoms with E-state index in [1.54, 1.807) is 0 Å². The lowest BCUT2D eigenvalue weighted by molar-refractivity contribution is -0.117. The van der Waals surface area contributed by atoms with Gasteiger partial charge in [-0.15, -0.1) is 0 Å². The van der Waals surface area contributed by atoms with Crippen LogP contribution >= 0.6 is 15.9 Å². The molecule has 1 amide bonds. The summed E-state index contributed by atoms with van der Waals surface area (Å²) in [6, 6.07) is 8.10. The number of carbonyl (C=O) groups is 1. The minimum atomic E-state index is 0.250. The number of hydrogen-bond acceptors (Lipinski definition) is 1. The smallest absolute Gasteiger partial charge is 0.231 e. The molecule has 3 heteroatoms. The van der Waals surface area contributed by atoms with E-state index in [1.165, 1.54) is 18.4 Å². The average Bonchev–Trinajstić information content (AvgIpc) is 2.61. The highest BCUT2D eigenvalue weighted by Crippen LogP contribution is 2.28. The number of para-hydroxylation sites is 1. The Balaban J connectivity index is 1.97. The maximum Gasteiger partial charge on any atom is 0.231 e. The number of nitrogens with zero attached hydrogens (tertiary/aromatic N) is 1. The molecule has 1 heterocycles. The fourth-order valence-corrected chi connectivity index (χ4v) is 2.50. The average molecular weight is 282 g/mol. The van der Waals surface area contributed by atoms with Crippen molar-refractivity contribution >= 4 is 27.5 Å². The van der Waals surface area contributed by atoms with Crippen molar-refractivity contribution in [2.75, 3.05) is 16.8 Å². The van der Waals surface area contributed by atoms with Gasteiger partial charge in [-0.05, 0) is 24.5 Å². The molecule has 0 bridgehead atoms. The molecule has 1 aromatic carbocycles. The molecule has 0 spiro atoms. The van der Waals surface area contributed by atoms with Gasteiger partial charge in [0.1, 0.15) is 0 Å².